The zero-order valence-corrected chi connectivity index (χ0v) is 16.8. The van der Waals surface area contributed by atoms with Crippen LogP contribution in [-0.2, 0) is 0 Å². The van der Waals surface area contributed by atoms with Crippen molar-refractivity contribution in [3.05, 3.63) is 59.9 Å². The van der Waals surface area contributed by atoms with Gasteiger partial charge in [-0.05, 0) is 59.9 Å². The zero-order valence-electron chi connectivity index (χ0n) is 14.6. The van der Waals surface area contributed by atoms with Crippen LogP contribution in [0.25, 0.3) is 11.5 Å². The predicted molar refractivity (Wildman–Crippen MR) is 110 cm³/mol. The van der Waals surface area contributed by atoms with Gasteiger partial charge in [-0.2, -0.15) is 4.98 Å². The van der Waals surface area contributed by atoms with Crippen molar-refractivity contribution in [2.24, 2.45) is 5.92 Å². The fourth-order valence-electron chi connectivity index (χ4n) is 3.03. The van der Waals surface area contributed by atoms with Crippen LogP contribution in [0.5, 0.6) is 0 Å². The number of pyridine rings is 2. The van der Waals surface area contributed by atoms with E-state index in [2.05, 4.69) is 59.9 Å². The first-order valence-electron chi connectivity index (χ1n) is 8.84. The Morgan fingerprint density at radius 2 is 2.15 bits per heavy atom. The molecule has 4 heterocycles. The monoisotopic (exact) mass is 471 g/mol. The maximum absolute atomic E-state index is 5.46. The van der Waals surface area contributed by atoms with Crippen molar-refractivity contribution in [1.82, 2.24) is 25.4 Å². The number of hydrogen-bond donors (Lipinski definition) is 1. The molecule has 0 aliphatic carbocycles. The Labute approximate surface area is 171 Å². The van der Waals surface area contributed by atoms with Crippen molar-refractivity contribution < 1.29 is 4.52 Å². The first-order valence-corrected chi connectivity index (χ1v) is 10.4. The molecule has 27 heavy (non-hydrogen) atoms. The summed E-state index contributed by atoms with van der Waals surface area (Å²) in [4.78, 5) is 13.1. The minimum absolute atomic E-state index is 0.141. The largest absolute Gasteiger partial charge is 0.337 e. The standard InChI is InChI=1S/C20H18IN5O/c21-9-8-15-11-18(24-13-15)20-25-19(26-27-20)17-7-5-14(12-23-17)4-6-16-3-1-2-10-22-16/h1-3,5,7,10,12,15,18,24H,8-9,11,13H2. The van der Waals surface area contributed by atoms with Gasteiger partial charge in [-0.1, -0.05) is 39.7 Å². The molecule has 0 radical (unpaired) electrons. The van der Waals surface area contributed by atoms with E-state index in [1.807, 2.05) is 30.3 Å². The van der Waals surface area contributed by atoms with E-state index in [0.717, 1.165) is 24.2 Å². The van der Waals surface area contributed by atoms with Crippen LogP contribution in [0.2, 0.25) is 0 Å². The van der Waals surface area contributed by atoms with E-state index >= 15 is 0 Å². The van der Waals surface area contributed by atoms with Gasteiger partial charge < -0.3 is 9.84 Å². The van der Waals surface area contributed by atoms with E-state index in [-0.39, 0.29) is 6.04 Å². The SMILES string of the molecule is ICCC1CNC(c2nc(-c3ccc(C#Cc4ccccn4)cn3)no2)C1. The van der Waals surface area contributed by atoms with Crippen LogP contribution in [0, 0.1) is 17.8 Å². The van der Waals surface area contributed by atoms with Gasteiger partial charge in [-0.3, -0.25) is 4.98 Å². The summed E-state index contributed by atoms with van der Waals surface area (Å²) in [6.07, 6.45) is 5.70. The molecule has 1 aliphatic rings. The molecule has 1 fully saturated rings. The van der Waals surface area contributed by atoms with Gasteiger partial charge in [0.05, 0.1) is 6.04 Å². The van der Waals surface area contributed by atoms with E-state index in [4.69, 9.17) is 4.52 Å². The quantitative estimate of drug-likeness (QED) is 0.357. The van der Waals surface area contributed by atoms with Crippen LogP contribution in [-0.4, -0.2) is 31.1 Å². The van der Waals surface area contributed by atoms with Gasteiger partial charge in [0, 0.05) is 18.0 Å². The van der Waals surface area contributed by atoms with Crippen molar-refractivity contribution >= 4 is 22.6 Å². The van der Waals surface area contributed by atoms with Crippen molar-refractivity contribution in [2.75, 3.05) is 11.0 Å². The summed E-state index contributed by atoms with van der Waals surface area (Å²) in [7, 11) is 0. The third-order valence-electron chi connectivity index (χ3n) is 4.47. The normalized spacial score (nSPS) is 18.9. The summed E-state index contributed by atoms with van der Waals surface area (Å²) >= 11 is 2.42. The molecule has 0 bridgehead atoms. The fourth-order valence-corrected chi connectivity index (χ4v) is 3.91. The van der Waals surface area contributed by atoms with Gasteiger partial charge in [0.15, 0.2) is 0 Å². The summed E-state index contributed by atoms with van der Waals surface area (Å²) in [5.41, 5.74) is 2.22. The number of nitrogens with one attached hydrogen (secondary N) is 1. The van der Waals surface area contributed by atoms with Crippen LogP contribution < -0.4 is 5.32 Å². The van der Waals surface area contributed by atoms with E-state index in [9.17, 15) is 0 Å². The minimum Gasteiger partial charge on any atom is -0.337 e. The highest BCUT2D eigenvalue weighted by Gasteiger charge is 2.29. The molecule has 3 aromatic heterocycles. The van der Waals surface area contributed by atoms with Gasteiger partial charge in [0.1, 0.15) is 11.4 Å². The summed E-state index contributed by atoms with van der Waals surface area (Å²) in [6, 6.07) is 9.55. The highest BCUT2D eigenvalue weighted by molar-refractivity contribution is 14.1. The van der Waals surface area contributed by atoms with E-state index in [0.29, 0.717) is 23.3 Å². The Balaban J connectivity index is 1.44. The molecule has 0 amide bonds. The molecule has 3 aromatic rings. The Hall–Kier alpha value is -2.31. The lowest BCUT2D eigenvalue weighted by atomic mass is 10.0. The average molecular weight is 471 g/mol. The van der Waals surface area contributed by atoms with Crippen molar-refractivity contribution in [3.63, 3.8) is 0 Å². The number of rotatable bonds is 4. The zero-order chi connectivity index (χ0) is 18.5. The molecular weight excluding hydrogens is 453 g/mol. The lowest BCUT2D eigenvalue weighted by Gasteiger charge is -2.04. The number of nitrogens with zero attached hydrogens (tertiary/aromatic N) is 4. The number of aromatic nitrogens is 4. The van der Waals surface area contributed by atoms with Crippen LogP contribution >= 0.6 is 22.6 Å². The second kappa shape index (κ2) is 8.59. The third kappa shape index (κ3) is 4.51. The molecule has 0 aromatic carbocycles. The Kier molecular flexibility index (Phi) is 5.75. The van der Waals surface area contributed by atoms with Gasteiger partial charge in [0.25, 0.3) is 0 Å². The van der Waals surface area contributed by atoms with Gasteiger partial charge in [-0.25, -0.2) is 4.98 Å². The molecule has 7 heteroatoms. The lowest BCUT2D eigenvalue weighted by molar-refractivity contribution is 0.342. The number of hydrogen-bond acceptors (Lipinski definition) is 6. The first kappa shape index (κ1) is 18.1. The fraction of sp³-hybridized carbons (Fsp3) is 0.300. The Morgan fingerprint density at radius 1 is 1.19 bits per heavy atom. The second-order valence-corrected chi connectivity index (χ2v) is 7.47. The average Bonchev–Trinajstić information content (AvgIpc) is 3.38. The van der Waals surface area contributed by atoms with Gasteiger partial charge in [0.2, 0.25) is 11.7 Å². The van der Waals surface area contributed by atoms with E-state index in [1.165, 1.54) is 10.8 Å². The predicted octanol–water partition coefficient (Wildman–Crippen LogP) is 3.40. The van der Waals surface area contributed by atoms with Crippen molar-refractivity contribution in [2.45, 2.75) is 18.9 Å². The molecule has 1 saturated heterocycles. The van der Waals surface area contributed by atoms with E-state index in [1.54, 1.807) is 12.4 Å². The molecule has 136 valence electrons. The topological polar surface area (TPSA) is 76.7 Å². The summed E-state index contributed by atoms with van der Waals surface area (Å²) in [6.45, 7) is 1.01. The first-order chi connectivity index (χ1) is 13.3. The van der Waals surface area contributed by atoms with Gasteiger partial charge in [-0.15, -0.1) is 0 Å². The van der Waals surface area contributed by atoms with E-state index < -0.39 is 0 Å². The molecule has 4 rings (SSSR count). The van der Waals surface area contributed by atoms with Crippen LogP contribution in [0.3, 0.4) is 0 Å². The minimum atomic E-state index is 0.141. The Bertz CT molecular complexity index is 946. The van der Waals surface area contributed by atoms with Crippen molar-refractivity contribution in [1.29, 1.82) is 0 Å². The van der Waals surface area contributed by atoms with Crippen LogP contribution in [0.4, 0.5) is 0 Å². The number of halogens is 1. The van der Waals surface area contributed by atoms with Crippen molar-refractivity contribution in [3.8, 4) is 23.4 Å². The molecule has 2 atom stereocenters. The third-order valence-corrected chi connectivity index (χ3v) is 5.09. The Morgan fingerprint density at radius 3 is 2.93 bits per heavy atom. The number of alkyl halides is 1. The van der Waals surface area contributed by atoms with Crippen LogP contribution in [0.1, 0.15) is 36.0 Å². The molecular formula is C20H18IN5O. The summed E-state index contributed by atoms with van der Waals surface area (Å²) in [5.74, 6) is 7.90. The smallest absolute Gasteiger partial charge is 0.244 e. The summed E-state index contributed by atoms with van der Waals surface area (Å²) < 4.78 is 6.64. The molecule has 1 N–H and O–H groups in total. The highest BCUT2D eigenvalue weighted by atomic mass is 127. The highest BCUT2D eigenvalue weighted by Crippen LogP contribution is 2.29. The van der Waals surface area contributed by atoms with Gasteiger partial charge >= 0.3 is 0 Å². The summed E-state index contributed by atoms with van der Waals surface area (Å²) in [5, 5.41) is 7.56. The molecule has 1 aliphatic heterocycles. The molecule has 2 unspecified atom stereocenters. The molecule has 0 spiro atoms. The molecule has 6 nitrogen and oxygen atoms in total. The van der Waals surface area contributed by atoms with Crippen LogP contribution in [0.15, 0.2) is 47.2 Å². The second-order valence-electron chi connectivity index (χ2n) is 6.39. The molecule has 0 saturated carbocycles. The maximum atomic E-state index is 5.46. The lowest BCUT2D eigenvalue weighted by Crippen LogP contribution is -2.14. The maximum Gasteiger partial charge on any atom is 0.244 e.